The number of benzene rings is 1. The van der Waals surface area contributed by atoms with Crippen molar-refractivity contribution >= 4 is 23.1 Å². The van der Waals surface area contributed by atoms with Gasteiger partial charge in [-0.2, -0.15) is 0 Å². The van der Waals surface area contributed by atoms with Crippen LogP contribution >= 0.6 is 11.3 Å². The van der Waals surface area contributed by atoms with Crippen molar-refractivity contribution in [3.05, 3.63) is 46.4 Å². The lowest BCUT2D eigenvalue weighted by molar-refractivity contribution is 0.234. The molecular weight excluding hydrogens is 308 g/mol. The molecule has 2 heterocycles. The van der Waals surface area contributed by atoms with Gasteiger partial charge in [-0.15, -0.1) is 11.3 Å². The van der Waals surface area contributed by atoms with E-state index in [2.05, 4.69) is 44.8 Å². The van der Waals surface area contributed by atoms with E-state index in [1.54, 1.807) is 11.3 Å². The summed E-state index contributed by atoms with van der Waals surface area (Å²) >= 11 is 1.61. The molecule has 0 spiro atoms. The van der Waals surface area contributed by atoms with E-state index in [1.165, 1.54) is 5.69 Å². The second-order valence-electron chi connectivity index (χ2n) is 5.79. The number of rotatable bonds is 4. The largest absolute Gasteiger partial charge is 0.369 e. The summed E-state index contributed by atoms with van der Waals surface area (Å²) in [5, 5.41) is 7.03. The van der Waals surface area contributed by atoms with Crippen molar-refractivity contribution in [1.82, 2.24) is 15.6 Å². The van der Waals surface area contributed by atoms with Crippen LogP contribution in [-0.2, 0) is 6.54 Å². The smallest absolute Gasteiger partial charge is 0.315 e. The number of urea groups is 1. The number of amides is 2. The Morgan fingerprint density at radius 1 is 1.39 bits per heavy atom. The van der Waals surface area contributed by atoms with Crippen molar-refractivity contribution in [1.29, 1.82) is 0 Å². The summed E-state index contributed by atoms with van der Waals surface area (Å²) < 4.78 is 0. The first-order chi connectivity index (χ1) is 11.2. The lowest BCUT2D eigenvalue weighted by Gasteiger charge is -2.34. The van der Waals surface area contributed by atoms with Gasteiger partial charge in [-0.05, 0) is 31.9 Å². The van der Waals surface area contributed by atoms with Crippen LogP contribution in [0.5, 0.6) is 0 Å². The molecule has 23 heavy (non-hydrogen) atoms. The predicted molar refractivity (Wildman–Crippen MR) is 93.9 cm³/mol. The molecule has 1 aliphatic heterocycles. The molecular formula is C17H22N4OS. The third-order valence-electron chi connectivity index (χ3n) is 3.97. The summed E-state index contributed by atoms with van der Waals surface area (Å²) in [6, 6.07) is 10.5. The molecule has 0 bridgehead atoms. The van der Waals surface area contributed by atoms with Crippen LogP contribution in [0.1, 0.15) is 22.7 Å². The van der Waals surface area contributed by atoms with Gasteiger partial charge in [-0.3, -0.25) is 0 Å². The number of carbonyl (C=O) groups excluding carboxylic acids is 1. The van der Waals surface area contributed by atoms with E-state index in [4.69, 9.17) is 0 Å². The maximum Gasteiger partial charge on any atom is 0.315 e. The van der Waals surface area contributed by atoms with Crippen LogP contribution in [0.15, 0.2) is 36.5 Å². The predicted octanol–water partition coefficient (Wildman–Crippen LogP) is 2.92. The van der Waals surface area contributed by atoms with Crippen molar-refractivity contribution in [2.24, 2.45) is 0 Å². The maximum absolute atomic E-state index is 12.1. The fourth-order valence-electron chi connectivity index (χ4n) is 2.86. The lowest BCUT2D eigenvalue weighted by Crippen LogP contribution is -2.50. The number of hydrogen-bond acceptors (Lipinski definition) is 4. The number of piperidine rings is 1. The Kier molecular flexibility index (Phi) is 5.12. The average molecular weight is 330 g/mol. The fraction of sp³-hybridized carbons (Fsp3) is 0.412. The molecule has 5 nitrogen and oxygen atoms in total. The van der Waals surface area contributed by atoms with Gasteiger partial charge in [0.05, 0.1) is 11.6 Å². The topological polar surface area (TPSA) is 57.3 Å². The number of carbonyl (C=O) groups is 1. The van der Waals surface area contributed by atoms with Crippen LogP contribution in [-0.4, -0.2) is 30.1 Å². The molecule has 3 rings (SSSR count). The van der Waals surface area contributed by atoms with Crippen molar-refractivity contribution in [2.75, 3.05) is 18.0 Å². The number of anilines is 1. The highest BCUT2D eigenvalue weighted by molar-refractivity contribution is 7.11. The third kappa shape index (κ3) is 4.45. The number of thiazole rings is 1. The van der Waals surface area contributed by atoms with Gasteiger partial charge in [0.25, 0.3) is 0 Å². The van der Waals surface area contributed by atoms with Crippen LogP contribution in [0.4, 0.5) is 10.5 Å². The van der Waals surface area contributed by atoms with E-state index < -0.39 is 0 Å². The minimum absolute atomic E-state index is 0.101. The van der Waals surface area contributed by atoms with Gasteiger partial charge in [0.1, 0.15) is 0 Å². The summed E-state index contributed by atoms with van der Waals surface area (Å²) in [7, 11) is 0. The third-order valence-corrected chi connectivity index (χ3v) is 4.88. The van der Waals surface area contributed by atoms with Gasteiger partial charge in [-0.25, -0.2) is 9.78 Å². The molecule has 0 radical (unpaired) electrons. The monoisotopic (exact) mass is 330 g/mol. The Hall–Kier alpha value is -2.08. The molecule has 0 saturated carbocycles. The Morgan fingerprint density at radius 3 is 2.96 bits per heavy atom. The Morgan fingerprint density at radius 2 is 2.22 bits per heavy atom. The summed E-state index contributed by atoms with van der Waals surface area (Å²) in [6.45, 7) is 4.40. The number of nitrogens with one attached hydrogen (secondary N) is 2. The summed E-state index contributed by atoms with van der Waals surface area (Å²) in [5.74, 6) is 0. The van der Waals surface area contributed by atoms with Crippen LogP contribution in [0.3, 0.4) is 0 Å². The Labute approximate surface area is 140 Å². The highest BCUT2D eigenvalue weighted by Crippen LogP contribution is 2.19. The second kappa shape index (κ2) is 7.46. The first-order valence-corrected chi connectivity index (χ1v) is 8.78. The minimum Gasteiger partial charge on any atom is -0.369 e. The van der Waals surface area contributed by atoms with E-state index in [1.807, 2.05) is 19.2 Å². The molecule has 0 aliphatic carbocycles. The minimum atomic E-state index is -0.101. The molecule has 1 unspecified atom stereocenters. The molecule has 1 aliphatic rings. The number of aromatic nitrogens is 1. The highest BCUT2D eigenvalue weighted by Gasteiger charge is 2.21. The molecule has 2 aromatic rings. The lowest BCUT2D eigenvalue weighted by atomic mass is 10.1. The molecule has 1 atom stereocenters. The van der Waals surface area contributed by atoms with Crippen LogP contribution in [0, 0.1) is 6.92 Å². The Bertz CT molecular complexity index is 643. The molecule has 122 valence electrons. The molecule has 1 aromatic carbocycles. The average Bonchev–Trinajstić information content (AvgIpc) is 3.00. The quantitative estimate of drug-likeness (QED) is 0.906. The second-order valence-corrected chi connectivity index (χ2v) is 7.11. The zero-order chi connectivity index (χ0) is 16.1. The van der Waals surface area contributed by atoms with Crippen molar-refractivity contribution in [2.45, 2.75) is 32.4 Å². The van der Waals surface area contributed by atoms with Crippen LogP contribution in [0.2, 0.25) is 0 Å². The fourth-order valence-corrected chi connectivity index (χ4v) is 3.59. The van der Waals surface area contributed by atoms with Gasteiger partial charge in [-0.1, -0.05) is 18.2 Å². The van der Waals surface area contributed by atoms with E-state index in [0.29, 0.717) is 6.54 Å². The maximum atomic E-state index is 12.1. The molecule has 2 N–H and O–H groups in total. The van der Waals surface area contributed by atoms with Gasteiger partial charge in [0.2, 0.25) is 0 Å². The van der Waals surface area contributed by atoms with Gasteiger partial charge >= 0.3 is 6.03 Å². The molecule has 1 aromatic heterocycles. The number of para-hydroxylation sites is 1. The van der Waals surface area contributed by atoms with Crippen LogP contribution in [0.25, 0.3) is 0 Å². The van der Waals surface area contributed by atoms with E-state index in [-0.39, 0.29) is 12.1 Å². The van der Waals surface area contributed by atoms with Crippen molar-refractivity contribution in [3.8, 4) is 0 Å². The zero-order valence-corrected chi connectivity index (χ0v) is 14.1. The summed E-state index contributed by atoms with van der Waals surface area (Å²) in [5.41, 5.74) is 1.22. The Balaban J connectivity index is 1.48. The zero-order valence-electron chi connectivity index (χ0n) is 13.3. The molecule has 2 amide bonds. The van der Waals surface area contributed by atoms with Crippen LogP contribution < -0.4 is 15.5 Å². The van der Waals surface area contributed by atoms with Gasteiger partial charge < -0.3 is 15.5 Å². The highest BCUT2D eigenvalue weighted by atomic mass is 32.1. The first-order valence-electron chi connectivity index (χ1n) is 7.96. The van der Waals surface area contributed by atoms with Crippen molar-refractivity contribution in [3.63, 3.8) is 0 Å². The first kappa shape index (κ1) is 15.8. The number of aryl methyl sites for hydroxylation is 1. The van der Waals surface area contributed by atoms with E-state index >= 15 is 0 Å². The normalized spacial score (nSPS) is 17.8. The number of hydrogen-bond donors (Lipinski definition) is 2. The van der Waals surface area contributed by atoms with E-state index in [9.17, 15) is 4.79 Å². The molecule has 1 fully saturated rings. The summed E-state index contributed by atoms with van der Waals surface area (Å²) in [4.78, 5) is 19.7. The van der Waals surface area contributed by atoms with Gasteiger partial charge in [0.15, 0.2) is 0 Å². The SMILES string of the molecule is Cc1ncc(CNC(=O)NC2CCCN(c3ccccc3)C2)s1. The summed E-state index contributed by atoms with van der Waals surface area (Å²) in [6.07, 6.45) is 3.93. The number of nitrogens with zero attached hydrogens (tertiary/aromatic N) is 2. The molecule has 1 saturated heterocycles. The molecule has 6 heteroatoms. The van der Waals surface area contributed by atoms with Gasteiger partial charge in [0, 0.05) is 35.9 Å². The standard InChI is InChI=1S/C17H22N4OS/c1-13-18-10-16(23-13)11-19-17(22)20-14-6-5-9-21(12-14)15-7-3-2-4-8-15/h2-4,7-8,10,14H,5-6,9,11-12H2,1H3,(H2,19,20,22). The van der Waals surface area contributed by atoms with Crippen molar-refractivity contribution < 1.29 is 4.79 Å². The van der Waals surface area contributed by atoms with E-state index in [0.717, 1.165) is 35.8 Å².